The Morgan fingerprint density at radius 2 is 0.529 bits per heavy atom. The minimum atomic E-state index is -1.79. The second kappa shape index (κ2) is 27.7. The molecule has 0 aliphatic carbocycles. The maximum atomic E-state index is 3.86. The number of hydrogen-bond donors (Lipinski definition) is 0. The van der Waals surface area contributed by atoms with E-state index in [0.717, 1.165) is 118 Å². The normalized spacial score (nSPS) is 12.1. The van der Waals surface area contributed by atoms with E-state index in [0.29, 0.717) is 33.2 Å². The predicted octanol–water partition coefficient (Wildman–Crippen LogP) is 18.6. The van der Waals surface area contributed by atoms with E-state index in [2.05, 4.69) is 266 Å². The van der Waals surface area contributed by atoms with Crippen LogP contribution in [0.25, 0.3) is 10.8 Å². The molecule has 0 unspecified atom stereocenters. The third-order valence-corrected chi connectivity index (χ3v) is 26.9. The summed E-state index contributed by atoms with van der Waals surface area (Å²) in [7, 11) is -3.57. The smallest absolute Gasteiger partial charge is 0.125 e. The van der Waals surface area contributed by atoms with Crippen LogP contribution < -0.4 is 0 Å². The molecule has 364 valence electrons. The van der Waals surface area contributed by atoms with Gasteiger partial charge in [-0.15, -0.1) is 11.1 Å². The van der Waals surface area contributed by atoms with Crippen molar-refractivity contribution in [1.82, 2.24) is 0 Å². The van der Waals surface area contributed by atoms with E-state index in [1.165, 1.54) is 0 Å². The molecule has 2 heteroatoms. The number of benzene rings is 4. The van der Waals surface area contributed by atoms with Gasteiger partial charge in [0, 0.05) is 55.7 Å². The van der Waals surface area contributed by atoms with Crippen LogP contribution in [-0.2, 0) is 0 Å². The zero-order valence-corrected chi connectivity index (χ0v) is 48.2. The highest BCUT2D eigenvalue weighted by Crippen LogP contribution is 2.42. The molecular weight excluding hydrogens is 873 g/mol. The lowest BCUT2D eigenvalue weighted by atomic mass is 9.98. The van der Waals surface area contributed by atoms with Crippen molar-refractivity contribution in [3.05, 3.63) is 141 Å². The fraction of sp³-hybridized carbons (Fsp3) is 0.441. The highest BCUT2D eigenvalue weighted by atomic mass is 28.3. The molecule has 0 aliphatic heterocycles. The van der Waals surface area contributed by atoms with Gasteiger partial charge in [-0.25, -0.2) is 0 Å². The second-order valence-corrected chi connectivity index (χ2v) is 32.3. The van der Waals surface area contributed by atoms with E-state index < -0.39 is 16.1 Å². The van der Waals surface area contributed by atoms with Crippen LogP contribution in [0, 0.1) is 70.3 Å². The summed E-state index contributed by atoms with van der Waals surface area (Å²) < 4.78 is 0. The van der Waals surface area contributed by atoms with Gasteiger partial charge in [0.1, 0.15) is 16.1 Å². The molecule has 4 aromatic rings. The lowest BCUT2D eigenvalue weighted by Crippen LogP contribution is -2.43. The van der Waals surface area contributed by atoms with Crippen molar-refractivity contribution in [2.45, 2.75) is 195 Å². The molecule has 0 amide bonds. The predicted molar refractivity (Wildman–Crippen MR) is 314 cm³/mol. The van der Waals surface area contributed by atoms with Crippen molar-refractivity contribution in [3.8, 4) is 70.3 Å². The summed E-state index contributed by atoms with van der Waals surface area (Å²) in [5.74, 6) is 35.4. The van der Waals surface area contributed by atoms with Crippen LogP contribution in [-0.4, -0.2) is 16.1 Å². The first kappa shape index (κ1) is 57.0. The molecule has 0 aromatic heterocycles. The largest absolute Gasteiger partial charge is 0.146 e. The van der Waals surface area contributed by atoms with Gasteiger partial charge in [0.15, 0.2) is 0 Å². The highest BCUT2D eigenvalue weighted by molar-refractivity contribution is 6.91. The number of rotatable bonds is 14. The molecule has 0 radical (unpaired) electrons. The SMILES string of the molecule is CCCC(C#Cc1ccc(C#C[Si](C(C)C)(C(C)C)C(C)C)cc1)=C(C#Cc1ccc2cc(C#CC(CCC)=C(C#Cc3ccc(C#C[Si](C(C)C)(C(C)C)C(C)C)cc3)CCC)ccc2c1)CCC. The maximum Gasteiger partial charge on any atom is 0.146 e. The van der Waals surface area contributed by atoms with Crippen molar-refractivity contribution in [3.63, 3.8) is 0 Å². The summed E-state index contributed by atoms with van der Waals surface area (Å²) in [5, 5.41) is 2.32. The summed E-state index contributed by atoms with van der Waals surface area (Å²) in [5.41, 5.74) is 22.2. The maximum absolute atomic E-state index is 3.86. The molecule has 0 heterocycles. The van der Waals surface area contributed by atoms with Gasteiger partial charge in [0.25, 0.3) is 0 Å². The van der Waals surface area contributed by atoms with E-state index >= 15 is 0 Å². The first-order chi connectivity index (χ1) is 33.4. The Morgan fingerprint density at radius 3 is 0.757 bits per heavy atom. The zero-order chi connectivity index (χ0) is 51.4. The molecule has 70 heavy (non-hydrogen) atoms. The molecule has 0 aliphatic rings. The minimum absolute atomic E-state index is 0.614. The molecule has 0 bridgehead atoms. The molecule has 0 fully saturated rings. The zero-order valence-electron chi connectivity index (χ0n) is 46.2. The Balaban J connectivity index is 1.59. The van der Waals surface area contributed by atoms with Gasteiger partial charge < -0.3 is 0 Å². The Bertz CT molecular complexity index is 2590. The molecule has 0 saturated carbocycles. The molecule has 0 N–H and O–H groups in total. The third-order valence-electron chi connectivity index (χ3n) is 14.3. The number of allylic oxidation sites excluding steroid dienone is 4. The molecule has 0 spiro atoms. The van der Waals surface area contributed by atoms with Crippen LogP contribution in [0.4, 0.5) is 0 Å². The molecular formula is C68H84Si2. The second-order valence-electron chi connectivity index (χ2n) is 21.1. The monoisotopic (exact) mass is 957 g/mol. The average Bonchev–Trinajstić information content (AvgIpc) is 3.32. The van der Waals surface area contributed by atoms with Crippen LogP contribution >= 0.6 is 0 Å². The van der Waals surface area contributed by atoms with Crippen LogP contribution in [0.15, 0.2) is 107 Å². The lowest BCUT2D eigenvalue weighted by Gasteiger charge is -2.38. The minimum Gasteiger partial charge on any atom is -0.125 e. The van der Waals surface area contributed by atoms with Crippen LogP contribution in [0.5, 0.6) is 0 Å². The van der Waals surface area contributed by atoms with Crippen LogP contribution in [0.3, 0.4) is 0 Å². The Hall–Kier alpha value is -5.59. The standard InChI is InChI=1S/C68H84Si2/c1-17-21-63(39-33-57-25-29-59(30-26-57)45-47-69(51(5)6,52(7)8)53(9)10)65(23-19-3)41-35-61-37-43-68-50-62(38-44-67(68)49-61)36-42-66(24-20-4)64(22-18-2)40-34-58-27-31-60(32-28-58)46-48-70(54(11)12,55(13)14)56(15)16/h25-32,37-38,43-44,49-56H,17-24H2,1-16H3. The Labute approximate surface area is 430 Å². The van der Waals surface area contributed by atoms with Gasteiger partial charge in [-0.1, -0.05) is 208 Å². The van der Waals surface area contributed by atoms with Gasteiger partial charge in [-0.05, 0) is 142 Å². The first-order valence-corrected chi connectivity index (χ1v) is 31.2. The van der Waals surface area contributed by atoms with E-state index in [9.17, 15) is 0 Å². The average molecular weight is 958 g/mol. The molecule has 4 aromatic carbocycles. The fourth-order valence-electron chi connectivity index (χ4n) is 10.6. The number of fused-ring (bicyclic) bond motifs is 1. The summed E-state index contributed by atoms with van der Waals surface area (Å²) in [4.78, 5) is 0. The van der Waals surface area contributed by atoms with Crippen molar-refractivity contribution in [1.29, 1.82) is 0 Å². The van der Waals surface area contributed by atoms with Gasteiger partial charge >= 0.3 is 0 Å². The van der Waals surface area contributed by atoms with Gasteiger partial charge in [-0.3, -0.25) is 0 Å². The summed E-state index contributed by atoms with van der Waals surface area (Å²) in [6.45, 7) is 37.3. The van der Waals surface area contributed by atoms with Crippen LogP contribution in [0.1, 0.15) is 196 Å². The Kier molecular flexibility index (Phi) is 22.6. The van der Waals surface area contributed by atoms with Crippen molar-refractivity contribution in [2.75, 3.05) is 0 Å². The number of hydrogen-bond acceptors (Lipinski definition) is 0. The van der Waals surface area contributed by atoms with E-state index in [-0.39, 0.29) is 0 Å². The van der Waals surface area contributed by atoms with Crippen molar-refractivity contribution < 1.29 is 0 Å². The van der Waals surface area contributed by atoms with Crippen molar-refractivity contribution in [2.24, 2.45) is 0 Å². The van der Waals surface area contributed by atoms with Gasteiger partial charge in [0.05, 0.1) is 0 Å². The molecule has 4 rings (SSSR count). The Morgan fingerprint density at radius 1 is 0.314 bits per heavy atom. The molecule has 0 saturated heterocycles. The van der Waals surface area contributed by atoms with Crippen LogP contribution in [0.2, 0.25) is 33.2 Å². The van der Waals surface area contributed by atoms with Gasteiger partial charge in [0.2, 0.25) is 0 Å². The van der Waals surface area contributed by atoms with E-state index in [4.69, 9.17) is 0 Å². The first-order valence-electron chi connectivity index (χ1n) is 26.8. The topological polar surface area (TPSA) is 0 Å². The van der Waals surface area contributed by atoms with Crippen molar-refractivity contribution >= 4 is 26.9 Å². The highest BCUT2D eigenvalue weighted by Gasteiger charge is 2.42. The summed E-state index contributed by atoms with van der Waals surface area (Å²) in [6.07, 6.45) is 7.73. The molecule has 0 atom stereocenters. The quantitative estimate of drug-likeness (QED) is 0.0873. The third kappa shape index (κ3) is 15.2. The van der Waals surface area contributed by atoms with E-state index in [1.54, 1.807) is 0 Å². The van der Waals surface area contributed by atoms with E-state index in [1.807, 2.05) is 0 Å². The lowest BCUT2D eigenvalue weighted by molar-refractivity contribution is 0.838. The molecule has 0 nitrogen and oxygen atoms in total. The van der Waals surface area contributed by atoms with Gasteiger partial charge in [-0.2, -0.15) is 0 Å². The summed E-state index contributed by atoms with van der Waals surface area (Å²) >= 11 is 0. The summed E-state index contributed by atoms with van der Waals surface area (Å²) in [6, 6.07) is 30.1. The fourth-order valence-corrected chi connectivity index (χ4v) is 21.1.